The van der Waals surface area contributed by atoms with E-state index in [9.17, 15) is 0 Å². The zero-order valence-corrected chi connectivity index (χ0v) is 9.34. The highest BCUT2D eigenvalue weighted by molar-refractivity contribution is 8.00. The third-order valence-corrected chi connectivity index (χ3v) is 4.86. The number of allylic oxidation sites excluding steroid dienone is 1. The zero-order chi connectivity index (χ0) is 9.19. The van der Waals surface area contributed by atoms with Gasteiger partial charge in [-0.15, -0.1) is 0 Å². The van der Waals surface area contributed by atoms with Crippen LogP contribution < -0.4 is 0 Å². The summed E-state index contributed by atoms with van der Waals surface area (Å²) in [4.78, 5) is 0. The van der Waals surface area contributed by atoms with E-state index >= 15 is 0 Å². The maximum atomic E-state index is 4.04. The Morgan fingerprint density at radius 1 is 1.67 bits per heavy atom. The molecular weight excluding hydrogens is 164 g/mol. The molecule has 0 spiro atoms. The molecule has 70 valence electrons. The van der Waals surface area contributed by atoms with Crippen LogP contribution in [0.5, 0.6) is 0 Å². The number of thioether (sulfide) groups is 1. The monoisotopic (exact) mass is 184 g/mol. The number of rotatable bonds is 2. The lowest BCUT2D eigenvalue weighted by Gasteiger charge is -2.36. The summed E-state index contributed by atoms with van der Waals surface area (Å²) in [6, 6.07) is 0. The van der Waals surface area contributed by atoms with Gasteiger partial charge in [0, 0.05) is 10.5 Å². The number of hydrogen-bond donors (Lipinski definition) is 0. The van der Waals surface area contributed by atoms with Crippen molar-refractivity contribution in [3.8, 4) is 0 Å². The molecule has 0 N–H and O–H groups in total. The van der Waals surface area contributed by atoms with Gasteiger partial charge in [-0.05, 0) is 32.1 Å². The second-order valence-electron chi connectivity index (χ2n) is 4.20. The summed E-state index contributed by atoms with van der Waals surface area (Å²) in [6.45, 7) is 10.9. The fraction of sp³-hybridized carbons (Fsp3) is 0.818. The van der Waals surface area contributed by atoms with E-state index in [0.717, 1.165) is 5.92 Å². The lowest BCUT2D eigenvalue weighted by Crippen LogP contribution is -2.27. The first-order valence-corrected chi connectivity index (χ1v) is 5.85. The van der Waals surface area contributed by atoms with Crippen LogP contribution in [-0.2, 0) is 0 Å². The molecule has 0 aromatic rings. The Kier molecular flexibility index (Phi) is 3.28. The molecule has 0 aromatic carbocycles. The second-order valence-corrected chi connectivity index (χ2v) is 5.80. The third-order valence-electron chi connectivity index (χ3n) is 3.10. The van der Waals surface area contributed by atoms with Crippen LogP contribution in [0.2, 0.25) is 0 Å². The molecular formula is C11H20S. The molecule has 0 amide bonds. The summed E-state index contributed by atoms with van der Waals surface area (Å²) < 4.78 is 0.561. The molecule has 1 heteroatoms. The minimum Gasteiger partial charge on any atom is -0.155 e. The van der Waals surface area contributed by atoms with Crippen molar-refractivity contribution >= 4 is 11.8 Å². The van der Waals surface area contributed by atoms with E-state index in [2.05, 4.69) is 39.1 Å². The zero-order valence-electron chi connectivity index (χ0n) is 8.52. The van der Waals surface area contributed by atoms with Crippen LogP contribution >= 0.6 is 11.8 Å². The van der Waals surface area contributed by atoms with E-state index in [1.54, 1.807) is 0 Å². The van der Waals surface area contributed by atoms with E-state index in [-0.39, 0.29) is 0 Å². The molecule has 0 bridgehead atoms. The highest BCUT2D eigenvalue weighted by atomic mass is 32.2. The first kappa shape index (κ1) is 10.2. The molecule has 1 heterocycles. The summed E-state index contributed by atoms with van der Waals surface area (Å²) in [6.07, 6.45) is 4.03. The molecule has 0 radical (unpaired) electrons. The molecule has 1 aliphatic rings. The lowest BCUT2D eigenvalue weighted by molar-refractivity contribution is 0.466. The Labute approximate surface area is 80.8 Å². The minimum absolute atomic E-state index is 0.561. The van der Waals surface area contributed by atoms with Gasteiger partial charge in [-0.2, -0.15) is 11.8 Å². The van der Waals surface area contributed by atoms with Gasteiger partial charge in [0.25, 0.3) is 0 Å². The normalized spacial score (nSPS) is 36.4. The first-order chi connectivity index (χ1) is 5.57. The Balaban J connectivity index is 2.44. The molecule has 12 heavy (non-hydrogen) atoms. The van der Waals surface area contributed by atoms with Gasteiger partial charge in [-0.25, -0.2) is 0 Å². The van der Waals surface area contributed by atoms with Gasteiger partial charge >= 0.3 is 0 Å². The van der Waals surface area contributed by atoms with Crippen LogP contribution in [0.15, 0.2) is 12.2 Å². The first-order valence-electron chi connectivity index (χ1n) is 4.87. The SMILES string of the molecule is C=C(C)C1CCC(C)(CC)SC1. The Hall–Kier alpha value is 0.0900. The van der Waals surface area contributed by atoms with Gasteiger partial charge in [-0.1, -0.05) is 26.0 Å². The van der Waals surface area contributed by atoms with Crippen molar-refractivity contribution in [3.63, 3.8) is 0 Å². The summed E-state index contributed by atoms with van der Waals surface area (Å²) in [5.74, 6) is 2.08. The summed E-state index contributed by atoms with van der Waals surface area (Å²) in [5, 5.41) is 0. The quantitative estimate of drug-likeness (QED) is 0.587. The van der Waals surface area contributed by atoms with Crippen LogP contribution in [0, 0.1) is 5.92 Å². The molecule has 2 unspecified atom stereocenters. The Morgan fingerprint density at radius 3 is 2.67 bits per heavy atom. The average molecular weight is 184 g/mol. The Morgan fingerprint density at radius 2 is 2.33 bits per heavy atom. The van der Waals surface area contributed by atoms with E-state index in [0.29, 0.717) is 4.75 Å². The molecule has 1 fully saturated rings. The van der Waals surface area contributed by atoms with Crippen LogP contribution in [0.3, 0.4) is 0 Å². The molecule has 0 aliphatic carbocycles. The van der Waals surface area contributed by atoms with Crippen molar-refractivity contribution in [2.75, 3.05) is 5.75 Å². The average Bonchev–Trinajstić information content (AvgIpc) is 2.05. The lowest BCUT2D eigenvalue weighted by atomic mass is 9.91. The molecule has 1 aliphatic heterocycles. The topological polar surface area (TPSA) is 0 Å². The van der Waals surface area contributed by atoms with Crippen molar-refractivity contribution in [1.82, 2.24) is 0 Å². The summed E-state index contributed by atoms with van der Waals surface area (Å²) in [5.41, 5.74) is 1.38. The van der Waals surface area contributed by atoms with Gasteiger partial charge in [0.15, 0.2) is 0 Å². The molecule has 0 nitrogen and oxygen atoms in total. The molecule has 1 rings (SSSR count). The van der Waals surface area contributed by atoms with Crippen molar-refractivity contribution in [2.45, 2.75) is 44.8 Å². The van der Waals surface area contributed by atoms with Crippen LogP contribution in [-0.4, -0.2) is 10.5 Å². The molecule has 0 aromatic heterocycles. The van der Waals surface area contributed by atoms with Gasteiger partial charge < -0.3 is 0 Å². The molecule has 1 saturated heterocycles. The number of hydrogen-bond acceptors (Lipinski definition) is 1. The second kappa shape index (κ2) is 3.87. The highest BCUT2D eigenvalue weighted by Gasteiger charge is 2.29. The fourth-order valence-corrected chi connectivity index (χ4v) is 3.13. The largest absolute Gasteiger partial charge is 0.155 e. The maximum Gasteiger partial charge on any atom is 0.0129 e. The van der Waals surface area contributed by atoms with Gasteiger partial charge in [0.1, 0.15) is 0 Å². The predicted octanol–water partition coefficient (Wildman–Crippen LogP) is 3.87. The smallest absolute Gasteiger partial charge is 0.0129 e. The van der Waals surface area contributed by atoms with Crippen LogP contribution in [0.25, 0.3) is 0 Å². The Bertz CT molecular complexity index is 164. The van der Waals surface area contributed by atoms with Crippen molar-refractivity contribution < 1.29 is 0 Å². The standard InChI is InChI=1S/C11H20S/c1-5-11(4)7-6-10(8-12-11)9(2)3/h10H,2,5-8H2,1,3-4H3. The molecule has 0 saturated carbocycles. The fourth-order valence-electron chi connectivity index (χ4n) is 1.60. The van der Waals surface area contributed by atoms with Crippen molar-refractivity contribution in [3.05, 3.63) is 12.2 Å². The predicted molar refractivity (Wildman–Crippen MR) is 58.7 cm³/mol. The highest BCUT2D eigenvalue weighted by Crippen LogP contribution is 2.42. The van der Waals surface area contributed by atoms with Gasteiger partial charge in [0.2, 0.25) is 0 Å². The molecule has 2 atom stereocenters. The van der Waals surface area contributed by atoms with E-state index in [1.807, 2.05) is 0 Å². The van der Waals surface area contributed by atoms with E-state index in [1.165, 1.54) is 30.6 Å². The van der Waals surface area contributed by atoms with Gasteiger partial charge in [0.05, 0.1) is 0 Å². The minimum atomic E-state index is 0.561. The van der Waals surface area contributed by atoms with E-state index < -0.39 is 0 Å². The van der Waals surface area contributed by atoms with E-state index in [4.69, 9.17) is 0 Å². The van der Waals surface area contributed by atoms with Crippen molar-refractivity contribution in [2.24, 2.45) is 5.92 Å². The summed E-state index contributed by atoms with van der Waals surface area (Å²) in [7, 11) is 0. The van der Waals surface area contributed by atoms with Crippen LogP contribution in [0.4, 0.5) is 0 Å². The van der Waals surface area contributed by atoms with Crippen molar-refractivity contribution in [1.29, 1.82) is 0 Å². The third kappa shape index (κ3) is 2.29. The summed E-state index contributed by atoms with van der Waals surface area (Å²) >= 11 is 2.14. The maximum absolute atomic E-state index is 4.04. The van der Waals surface area contributed by atoms with Gasteiger partial charge in [-0.3, -0.25) is 0 Å². The van der Waals surface area contributed by atoms with Crippen LogP contribution in [0.1, 0.15) is 40.0 Å².